The van der Waals surface area contributed by atoms with Gasteiger partial charge in [-0.05, 0) is 24.3 Å². The number of hydrogen-bond donors (Lipinski definition) is 1. The molecule has 0 saturated carbocycles. The van der Waals surface area contributed by atoms with Crippen LogP contribution in [0.4, 0.5) is 4.39 Å². The molecule has 1 fully saturated rings. The van der Waals surface area contributed by atoms with Gasteiger partial charge in [0.25, 0.3) is 0 Å². The number of carbonyl (C=O) groups is 2. The number of carboxylic acid groups (broad SMARTS) is 1. The van der Waals surface area contributed by atoms with Gasteiger partial charge in [0.1, 0.15) is 5.82 Å². The average molecular weight is 313 g/mol. The number of carboxylic acids is 1. The lowest BCUT2D eigenvalue weighted by atomic mass is 10.1. The van der Waals surface area contributed by atoms with Gasteiger partial charge in [-0.1, -0.05) is 0 Å². The van der Waals surface area contributed by atoms with Gasteiger partial charge in [-0.25, -0.2) is 4.39 Å². The van der Waals surface area contributed by atoms with Gasteiger partial charge in [-0.3, -0.25) is 9.59 Å². The molecule has 0 spiro atoms. The summed E-state index contributed by atoms with van der Waals surface area (Å²) in [6.07, 6.45) is -0.118. The Morgan fingerprint density at radius 1 is 1.38 bits per heavy atom. The van der Waals surface area contributed by atoms with Gasteiger partial charge in [0.2, 0.25) is 5.91 Å². The predicted octanol–water partition coefficient (Wildman–Crippen LogP) is 1.62. The van der Waals surface area contributed by atoms with E-state index in [9.17, 15) is 14.0 Å². The van der Waals surface area contributed by atoms with E-state index >= 15 is 0 Å². The van der Waals surface area contributed by atoms with Crippen molar-refractivity contribution in [1.29, 1.82) is 0 Å². The Morgan fingerprint density at radius 3 is 2.76 bits per heavy atom. The maximum Gasteiger partial charge on any atom is 0.305 e. The first-order chi connectivity index (χ1) is 10.1. The Bertz CT molecular complexity index is 508. The number of benzene rings is 1. The minimum Gasteiger partial charge on any atom is -0.481 e. The zero-order valence-corrected chi connectivity index (χ0v) is 12.1. The summed E-state index contributed by atoms with van der Waals surface area (Å²) in [6, 6.07) is 5.49. The Kier molecular flexibility index (Phi) is 5.58. The number of aliphatic carboxylic acids is 1. The summed E-state index contributed by atoms with van der Waals surface area (Å²) < 4.78 is 18.0. The van der Waals surface area contributed by atoms with Gasteiger partial charge >= 0.3 is 5.97 Å². The van der Waals surface area contributed by atoms with Crippen molar-refractivity contribution >= 4 is 23.6 Å². The third kappa shape index (κ3) is 4.71. The van der Waals surface area contributed by atoms with Gasteiger partial charge in [-0.15, -0.1) is 11.8 Å². The Balaban J connectivity index is 1.91. The second kappa shape index (κ2) is 7.42. The molecule has 1 aliphatic rings. The van der Waals surface area contributed by atoms with Crippen LogP contribution >= 0.6 is 11.8 Å². The molecule has 0 aromatic heterocycles. The van der Waals surface area contributed by atoms with Crippen molar-refractivity contribution in [2.75, 3.05) is 25.5 Å². The molecule has 2 rings (SSSR count). The monoisotopic (exact) mass is 313 g/mol. The predicted molar refractivity (Wildman–Crippen MR) is 75.7 cm³/mol. The average Bonchev–Trinajstić information content (AvgIpc) is 2.46. The molecule has 0 bridgehead atoms. The number of morpholine rings is 1. The van der Waals surface area contributed by atoms with Crippen LogP contribution in [0.25, 0.3) is 0 Å². The minimum atomic E-state index is -0.950. The topological polar surface area (TPSA) is 66.8 Å². The second-order valence-corrected chi connectivity index (χ2v) is 5.71. The molecule has 114 valence electrons. The van der Waals surface area contributed by atoms with E-state index in [1.165, 1.54) is 23.9 Å². The van der Waals surface area contributed by atoms with E-state index in [2.05, 4.69) is 0 Å². The molecule has 1 amide bonds. The largest absolute Gasteiger partial charge is 0.481 e. The quantitative estimate of drug-likeness (QED) is 0.837. The number of hydrogen-bond acceptors (Lipinski definition) is 4. The molecule has 0 aliphatic carbocycles. The van der Waals surface area contributed by atoms with Crippen LogP contribution in [-0.4, -0.2) is 53.4 Å². The first kappa shape index (κ1) is 15.8. The Morgan fingerprint density at radius 2 is 2.10 bits per heavy atom. The first-order valence-corrected chi connectivity index (χ1v) is 7.52. The number of rotatable bonds is 5. The highest BCUT2D eigenvalue weighted by Crippen LogP contribution is 2.20. The summed E-state index contributed by atoms with van der Waals surface area (Å²) in [5.41, 5.74) is 0. The SMILES string of the molecule is O=C(O)CC1COCCN1C(=O)CSc1ccc(F)cc1. The molecule has 1 saturated heterocycles. The number of halogens is 1. The number of ether oxygens (including phenoxy) is 1. The maximum atomic E-state index is 12.8. The van der Waals surface area contributed by atoms with Crippen molar-refractivity contribution in [2.24, 2.45) is 0 Å². The third-order valence-corrected chi connectivity index (χ3v) is 4.13. The van der Waals surface area contributed by atoms with E-state index in [4.69, 9.17) is 9.84 Å². The van der Waals surface area contributed by atoms with Crippen LogP contribution in [0, 0.1) is 5.82 Å². The fraction of sp³-hybridized carbons (Fsp3) is 0.429. The van der Waals surface area contributed by atoms with Crippen LogP contribution in [-0.2, 0) is 14.3 Å². The van der Waals surface area contributed by atoms with Crippen LogP contribution in [0.15, 0.2) is 29.2 Å². The van der Waals surface area contributed by atoms with Crippen LogP contribution in [0.3, 0.4) is 0 Å². The lowest BCUT2D eigenvalue weighted by molar-refractivity contribution is -0.144. The summed E-state index contributed by atoms with van der Waals surface area (Å²) in [5.74, 6) is -1.20. The zero-order chi connectivity index (χ0) is 15.2. The van der Waals surface area contributed by atoms with Gasteiger partial charge in [0, 0.05) is 11.4 Å². The normalized spacial score (nSPS) is 18.5. The summed E-state index contributed by atoms with van der Waals surface area (Å²) in [6.45, 7) is 1.07. The molecule has 5 nitrogen and oxygen atoms in total. The number of thioether (sulfide) groups is 1. The highest BCUT2D eigenvalue weighted by molar-refractivity contribution is 8.00. The number of amides is 1. The summed E-state index contributed by atoms with van der Waals surface area (Å²) in [4.78, 5) is 25.4. The molecule has 1 unspecified atom stereocenters. The molecule has 1 aromatic carbocycles. The molecular formula is C14H16FNO4S. The Labute approximate surface area is 126 Å². The van der Waals surface area contributed by atoms with Crippen molar-refractivity contribution in [2.45, 2.75) is 17.4 Å². The van der Waals surface area contributed by atoms with Crippen molar-refractivity contribution in [1.82, 2.24) is 4.90 Å². The Hall–Kier alpha value is -1.60. The zero-order valence-electron chi connectivity index (χ0n) is 11.3. The lowest BCUT2D eigenvalue weighted by Crippen LogP contribution is -2.50. The van der Waals surface area contributed by atoms with Crippen molar-refractivity contribution in [3.05, 3.63) is 30.1 Å². The van der Waals surface area contributed by atoms with Gasteiger partial charge in [0.15, 0.2) is 0 Å². The van der Waals surface area contributed by atoms with Gasteiger partial charge in [0.05, 0.1) is 31.4 Å². The fourth-order valence-corrected chi connectivity index (χ4v) is 2.90. The van der Waals surface area contributed by atoms with Crippen molar-refractivity contribution < 1.29 is 23.8 Å². The molecule has 0 radical (unpaired) electrons. The summed E-state index contributed by atoms with van der Waals surface area (Å²) in [5, 5.41) is 8.86. The molecule has 7 heteroatoms. The number of carbonyl (C=O) groups excluding carboxylic acids is 1. The van der Waals surface area contributed by atoms with E-state index in [-0.39, 0.29) is 30.5 Å². The molecule has 1 atom stereocenters. The van der Waals surface area contributed by atoms with Crippen LogP contribution in [0.5, 0.6) is 0 Å². The van der Waals surface area contributed by atoms with E-state index in [0.29, 0.717) is 13.2 Å². The van der Waals surface area contributed by atoms with Crippen molar-refractivity contribution in [3.8, 4) is 0 Å². The molecular weight excluding hydrogens is 297 g/mol. The number of nitrogens with zero attached hydrogens (tertiary/aromatic N) is 1. The highest BCUT2D eigenvalue weighted by Gasteiger charge is 2.28. The van der Waals surface area contributed by atoms with E-state index < -0.39 is 12.0 Å². The minimum absolute atomic E-state index is 0.118. The van der Waals surface area contributed by atoms with Crippen LogP contribution in [0.2, 0.25) is 0 Å². The summed E-state index contributed by atoms with van der Waals surface area (Å²) in [7, 11) is 0. The van der Waals surface area contributed by atoms with Crippen LogP contribution < -0.4 is 0 Å². The van der Waals surface area contributed by atoms with E-state index in [1.807, 2.05) is 0 Å². The molecule has 21 heavy (non-hydrogen) atoms. The third-order valence-electron chi connectivity index (χ3n) is 3.13. The summed E-state index contributed by atoms with van der Waals surface area (Å²) >= 11 is 1.31. The van der Waals surface area contributed by atoms with Gasteiger partial charge in [-0.2, -0.15) is 0 Å². The standard InChI is InChI=1S/C14H16FNO4S/c15-10-1-3-12(4-2-10)21-9-13(17)16-5-6-20-8-11(16)7-14(18)19/h1-4,11H,5-9H2,(H,18,19). The highest BCUT2D eigenvalue weighted by atomic mass is 32.2. The smallest absolute Gasteiger partial charge is 0.305 e. The maximum absolute atomic E-state index is 12.8. The lowest BCUT2D eigenvalue weighted by Gasteiger charge is -2.34. The second-order valence-electron chi connectivity index (χ2n) is 4.66. The molecule has 1 N–H and O–H groups in total. The van der Waals surface area contributed by atoms with Crippen molar-refractivity contribution in [3.63, 3.8) is 0 Å². The van der Waals surface area contributed by atoms with E-state index in [0.717, 1.165) is 4.90 Å². The van der Waals surface area contributed by atoms with Crippen LogP contribution in [0.1, 0.15) is 6.42 Å². The first-order valence-electron chi connectivity index (χ1n) is 6.53. The van der Waals surface area contributed by atoms with E-state index in [1.54, 1.807) is 17.0 Å². The van der Waals surface area contributed by atoms with Gasteiger partial charge < -0.3 is 14.7 Å². The molecule has 1 aliphatic heterocycles. The molecule has 1 heterocycles. The molecule has 1 aromatic rings. The fourth-order valence-electron chi connectivity index (χ4n) is 2.11.